The van der Waals surface area contributed by atoms with Crippen LogP contribution in [-0.2, 0) is 0 Å². The highest BCUT2D eigenvalue weighted by molar-refractivity contribution is 5.88. The summed E-state index contributed by atoms with van der Waals surface area (Å²) in [5.41, 5.74) is 3.55. The van der Waals surface area contributed by atoms with Gasteiger partial charge in [0.25, 0.3) is 0 Å². The van der Waals surface area contributed by atoms with Gasteiger partial charge >= 0.3 is 5.97 Å². The van der Waals surface area contributed by atoms with Crippen LogP contribution in [0.5, 0.6) is 0 Å². The lowest BCUT2D eigenvalue weighted by Gasteiger charge is -2.35. The normalized spacial score (nSPS) is 21.6. The molecule has 1 aliphatic carbocycles. The van der Waals surface area contributed by atoms with E-state index in [4.69, 9.17) is 0 Å². The predicted molar refractivity (Wildman–Crippen MR) is 106 cm³/mol. The highest BCUT2D eigenvalue weighted by Crippen LogP contribution is 2.41. The van der Waals surface area contributed by atoms with Gasteiger partial charge in [-0.1, -0.05) is 35.9 Å². The van der Waals surface area contributed by atoms with Gasteiger partial charge in [-0.05, 0) is 80.6 Å². The van der Waals surface area contributed by atoms with E-state index in [1.165, 1.54) is 11.6 Å². The van der Waals surface area contributed by atoms with Gasteiger partial charge in [0.05, 0.1) is 5.56 Å². The van der Waals surface area contributed by atoms with E-state index in [9.17, 15) is 14.3 Å². The molecule has 2 atom stereocenters. The van der Waals surface area contributed by atoms with Crippen LogP contribution in [0.25, 0.3) is 6.08 Å². The summed E-state index contributed by atoms with van der Waals surface area (Å²) in [5, 5.41) is 9.19. The largest absolute Gasteiger partial charge is 0.478 e. The molecule has 0 radical (unpaired) electrons. The van der Waals surface area contributed by atoms with Gasteiger partial charge in [-0.25, -0.2) is 9.18 Å². The molecule has 1 N–H and O–H groups in total. The number of hydrogen-bond acceptors (Lipinski definition) is 2. The second-order valence-electron chi connectivity index (χ2n) is 7.66. The molecule has 2 aromatic rings. The van der Waals surface area contributed by atoms with Crippen molar-refractivity contribution in [3.05, 3.63) is 76.6 Å². The van der Waals surface area contributed by atoms with Crippen molar-refractivity contribution in [2.75, 3.05) is 20.6 Å². The van der Waals surface area contributed by atoms with Crippen LogP contribution in [0.1, 0.15) is 46.7 Å². The zero-order valence-electron chi connectivity index (χ0n) is 15.9. The number of allylic oxidation sites excluding steroid dienone is 1. The summed E-state index contributed by atoms with van der Waals surface area (Å²) in [7, 11) is 4.15. The molecule has 0 aliphatic heterocycles. The minimum absolute atomic E-state index is 0.193. The quantitative estimate of drug-likeness (QED) is 0.804. The maximum Gasteiger partial charge on any atom is 0.335 e. The Hall–Kier alpha value is -2.46. The Morgan fingerprint density at radius 3 is 2.70 bits per heavy atom. The molecule has 2 unspecified atom stereocenters. The molecule has 4 heteroatoms. The van der Waals surface area contributed by atoms with E-state index in [0.29, 0.717) is 11.5 Å². The third kappa shape index (κ3) is 5.04. The highest BCUT2D eigenvalue weighted by Gasteiger charge is 2.29. The fourth-order valence-electron chi connectivity index (χ4n) is 4.07. The van der Waals surface area contributed by atoms with Crippen molar-refractivity contribution in [3.63, 3.8) is 0 Å². The van der Waals surface area contributed by atoms with Crippen LogP contribution in [0.15, 0.2) is 54.1 Å². The van der Waals surface area contributed by atoms with Crippen molar-refractivity contribution >= 4 is 12.0 Å². The molecule has 27 heavy (non-hydrogen) atoms. The van der Waals surface area contributed by atoms with E-state index in [0.717, 1.165) is 36.9 Å². The van der Waals surface area contributed by atoms with Gasteiger partial charge in [-0.3, -0.25) is 0 Å². The Kier molecular flexibility index (Phi) is 6.07. The Balaban J connectivity index is 1.87. The Morgan fingerprint density at radius 2 is 2.00 bits per heavy atom. The van der Waals surface area contributed by atoms with Crippen LogP contribution < -0.4 is 0 Å². The van der Waals surface area contributed by atoms with Gasteiger partial charge in [0.1, 0.15) is 5.82 Å². The standard InChI is InChI=1S/C23H26FNO2/c1-25(2)15-20-10-9-17(11-16-5-3-7-19(12-16)23(26)27)13-22(20)18-6-4-8-21(24)14-18/h3-8,11-12,14,20,22H,9-10,13,15H2,1-2H3,(H,26,27)/b17-11+. The number of carbonyl (C=O) groups is 1. The second kappa shape index (κ2) is 8.49. The van der Waals surface area contributed by atoms with Gasteiger partial charge in [0.2, 0.25) is 0 Å². The van der Waals surface area contributed by atoms with Gasteiger partial charge in [-0.15, -0.1) is 0 Å². The van der Waals surface area contributed by atoms with Gasteiger partial charge in [0.15, 0.2) is 0 Å². The lowest BCUT2D eigenvalue weighted by molar-refractivity contribution is 0.0697. The topological polar surface area (TPSA) is 40.5 Å². The fraction of sp³-hybridized carbons (Fsp3) is 0.348. The SMILES string of the molecule is CN(C)CC1CC/C(=C\c2cccc(C(=O)O)c2)CC1c1cccc(F)c1. The van der Waals surface area contributed by atoms with Crippen molar-refractivity contribution < 1.29 is 14.3 Å². The molecule has 3 nitrogen and oxygen atoms in total. The molecule has 0 bridgehead atoms. The van der Waals surface area contributed by atoms with Crippen LogP contribution in [0.2, 0.25) is 0 Å². The van der Waals surface area contributed by atoms with Crippen LogP contribution in [-0.4, -0.2) is 36.6 Å². The van der Waals surface area contributed by atoms with E-state index in [2.05, 4.69) is 25.1 Å². The number of rotatable bonds is 5. The summed E-state index contributed by atoms with van der Waals surface area (Å²) < 4.78 is 13.8. The molecule has 1 fully saturated rings. The number of carboxylic acids is 1. The maximum absolute atomic E-state index is 13.8. The third-order valence-corrected chi connectivity index (χ3v) is 5.27. The average molecular weight is 367 g/mol. The van der Waals surface area contributed by atoms with Crippen molar-refractivity contribution in [2.45, 2.75) is 25.2 Å². The first-order valence-corrected chi connectivity index (χ1v) is 9.35. The maximum atomic E-state index is 13.8. The average Bonchev–Trinajstić information content (AvgIpc) is 2.63. The zero-order valence-corrected chi connectivity index (χ0v) is 15.9. The molecule has 0 spiro atoms. The second-order valence-corrected chi connectivity index (χ2v) is 7.66. The van der Waals surface area contributed by atoms with Crippen LogP contribution in [0, 0.1) is 11.7 Å². The summed E-state index contributed by atoms with van der Waals surface area (Å²) >= 11 is 0. The summed E-state index contributed by atoms with van der Waals surface area (Å²) in [5.74, 6) is -0.362. The molecule has 3 rings (SSSR count). The molecule has 2 aromatic carbocycles. The first-order chi connectivity index (χ1) is 12.9. The molecule has 0 aromatic heterocycles. The summed E-state index contributed by atoms with van der Waals surface area (Å²) in [6.45, 7) is 0.975. The number of carboxylic acid groups (broad SMARTS) is 1. The lowest BCUT2D eigenvalue weighted by Crippen LogP contribution is -2.29. The molecule has 0 saturated heterocycles. The Morgan fingerprint density at radius 1 is 1.22 bits per heavy atom. The van der Waals surface area contributed by atoms with Crippen molar-refractivity contribution in [2.24, 2.45) is 5.92 Å². The molecule has 1 saturated carbocycles. The summed E-state index contributed by atoms with van der Waals surface area (Å²) in [4.78, 5) is 13.4. The van der Waals surface area contributed by atoms with E-state index in [1.54, 1.807) is 30.3 Å². The van der Waals surface area contributed by atoms with Crippen LogP contribution in [0.4, 0.5) is 4.39 Å². The van der Waals surface area contributed by atoms with E-state index >= 15 is 0 Å². The van der Waals surface area contributed by atoms with E-state index in [-0.39, 0.29) is 11.7 Å². The van der Waals surface area contributed by atoms with Crippen LogP contribution >= 0.6 is 0 Å². The monoisotopic (exact) mass is 367 g/mol. The summed E-state index contributed by atoms with van der Waals surface area (Å²) in [6.07, 6.45) is 5.01. The number of benzene rings is 2. The Bertz CT molecular complexity index is 844. The molecular formula is C23H26FNO2. The molecule has 1 aliphatic rings. The minimum atomic E-state index is -0.914. The van der Waals surface area contributed by atoms with Gasteiger partial charge in [-0.2, -0.15) is 0 Å². The van der Waals surface area contributed by atoms with E-state index in [1.807, 2.05) is 12.1 Å². The predicted octanol–water partition coefficient (Wildman–Crippen LogP) is 5.05. The first kappa shape index (κ1) is 19.3. The number of nitrogens with zero attached hydrogens (tertiary/aromatic N) is 1. The van der Waals surface area contributed by atoms with Crippen molar-refractivity contribution in [1.82, 2.24) is 4.90 Å². The van der Waals surface area contributed by atoms with Gasteiger partial charge < -0.3 is 10.0 Å². The summed E-state index contributed by atoms with van der Waals surface area (Å²) in [6, 6.07) is 14.0. The molecule has 0 amide bonds. The molecule has 0 heterocycles. The molecular weight excluding hydrogens is 341 g/mol. The lowest BCUT2D eigenvalue weighted by atomic mass is 9.73. The zero-order chi connectivity index (χ0) is 19.4. The fourth-order valence-corrected chi connectivity index (χ4v) is 4.07. The van der Waals surface area contributed by atoms with Crippen molar-refractivity contribution in [3.8, 4) is 0 Å². The third-order valence-electron chi connectivity index (χ3n) is 5.27. The van der Waals surface area contributed by atoms with Gasteiger partial charge in [0, 0.05) is 6.54 Å². The van der Waals surface area contributed by atoms with E-state index < -0.39 is 5.97 Å². The number of halogens is 1. The highest BCUT2D eigenvalue weighted by atomic mass is 19.1. The van der Waals surface area contributed by atoms with Crippen LogP contribution in [0.3, 0.4) is 0 Å². The molecule has 142 valence electrons. The number of hydrogen-bond donors (Lipinski definition) is 1. The Labute approximate surface area is 160 Å². The number of aromatic carboxylic acids is 1. The minimum Gasteiger partial charge on any atom is -0.478 e. The smallest absolute Gasteiger partial charge is 0.335 e. The first-order valence-electron chi connectivity index (χ1n) is 9.35. The van der Waals surface area contributed by atoms with Crippen molar-refractivity contribution in [1.29, 1.82) is 0 Å².